The van der Waals surface area contributed by atoms with Crippen molar-refractivity contribution in [1.82, 2.24) is 4.98 Å². The number of aromatic nitrogens is 1. The van der Waals surface area contributed by atoms with Crippen LogP contribution < -0.4 is 9.80 Å². The van der Waals surface area contributed by atoms with E-state index in [1.54, 1.807) is 6.20 Å². The standard InChI is InChI=1S/C16H18ClN3/c1-13-3-2-4-14(11-13)19-7-9-20(10-8-19)15-5-6-18-16(17)12-15/h2-6,11-12H,7-10H2,1H3. The molecule has 0 aliphatic carbocycles. The van der Waals surface area contributed by atoms with Gasteiger partial charge in [0, 0.05) is 43.8 Å². The fourth-order valence-corrected chi connectivity index (χ4v) is 2.80. The molecule has 0 spiro atoms. The quantitative estimate of drug-likeness (QED) is 0.790. The largest absolute Gasteiger partial charge is 0.368 e. The number of benzene rings is 1. The molecule has 1 fully saturated rings. The maximum absolute atomic E-state index is 5.96. The zero-order chi connectivity index (χ0) is 13.9. The first-order valence-corrected chi connectivity index (χ1v) is 7.28. The number of pyridine rings is 1. The van der Waals surface area contributed by atoms with Gasteiger partial charge in [0.05, 0.1) is 0 Å². The molecule has 3 nitrogen and oxygen atoms in total. The van der Waals surface area contributed by atoms with Gasteiger partial charge >= 0.3 is 0 Å². The minimum Gasteiger partial charge on any atom is -0.368 e. The highest BCUT2D eigenvalue weighted by atomic mass is 35.5. The fourth-order valence-electron chi connectivity index (χ4n) is 2.64. The van der Waals surface area contributed by atoms with E-state index in [4.69, 9.17) is 11.6 Å². The summed E-state index contributed by atoms with van der Waals surface area (Å²) in [6.07, 6.45) is 1.77. The molecule has 2 aromatic rings. The van der Waals surface area contributed by atoms with Crippen molar-refractivity contribution in [2.75, 3.05) is 36.0 Å². The molecule has 0 atom stereocenters. The smallest absolute Gasteiger partial charge is 0.131 e. The van der Waals surface area contributed by atoms with Crippen LogP contribution in [0.25, 0.3) is 0 Å². The molecule has 0 N–H and O–H groups in total. The summed E-state index contributed by atoms with van der Waals surface area (Å²) >= 11 is 5.96. The molecule has 2 heterocycles. The topological polar surface area (TPSA) is 19.4 Å². The van der Waals surface area contributed by atoms with E-state index in [0.29, 0.717) is 5.15 Å². The average molecular weight is 288 g/mol. The number of piperazine rings is 1. The van der Waals surface area contributed by atoms with Crippen LogP contribution in [-0.4, -0.2) is 31.2 Å². The van der Waals surface area contributed by atoms with Gasteiger partial charge in [0.15, 0.2) is 0 Å². The van der Waals surface area contributed by atoms with E-state index in [0.717, 1.165) is 31.9 Å². The second-order valence-corrected chi connectivity index (χ2v) is 5.54. The number of rotatable bonds is 2. The van der Waals surface area contributed by atoms with Crippen molar-refractivity contribution in [3.63, 3.8) is 0 Å². The number of nitrogens with zero attached hydrogens (tertiary/aromatic N) is 3. The van der Waals surface area contributed by atoms with Gasteiger partial charge in [-0.1, -0.05) is 23.7 Å². The van der Waals surface area contributed by atoms with Crippen molar-refractivity contribution < 1.29 is 0 Å². The van der Waals surface area contributed by atoms with E-state index in [1.807, 2.05) is 12.1 Å². The second-order valence-electron chi connectivity index (χ2n) is 5.15. The Morgan fingerprint density at radius 1 is 0.950 bits per heavy atom. The molecule has 20 heavy (non-hydrogen) atoms. The van der Waals surface area contributed by atoms with Crippen molar-refractivity contribution in [3.05, 3.63) is 53.3 Å². The van der Waals surface area contributed by atoms with Gasteiger partial charge in [0.2, 0.25) is 0 Å². The van der Waals surface area contributed by atoms with Crippen LogP contribution in [0.4, 0.5) is 11.4 Å². The van der Waals surface area contributed by atoms with Crippen molar-refractivity contribution in [2.45, 2.75) is 6.92 Å². The first-order valence-electron chi connectivity index (χ1n) is 6.90. The molecule has 104 valence electrons. The molecular formula is C16H18ClN3. The molecule has 0 unspecified atom stereocenters. The fraction of sp³-hybridized carbons (Fsp3) is 0.312. The Morgan fingerprint density at radius 2 is 1.60 bits per heavy atom. The third-order valence-corrected chi connectivity index (χ3v) is 3.93. The molecular weight excluding hydrogens is 270 g/mol. The molecule has 1 aromatic heterocycles. The summed E-state index contributed by atoms with van der Waals surface area (Å²) in [5, 5.41) is 0.559. The molecule has 4 heteroatoms. The lowest BCUT2D eigenvalue weighted by Gasteiger charge is -2.37. The predicted octanol–water partition coefficient (Wildman–Crippen LogP) is 3.37. The van der Waals surface area contributed by atoms with Crippen LogP contribution in [0, 0.1) is 6.92 Å². The SMILES string of the molecule is Cc1cccc(N2CCN(c3ccnc(Cl)c3)CC2)c1. The lowest BCUT2D eigenvalue weighted by molar-refractivity contribution is 0.653. The van der Waals surface area contributed by atoms with Crippen LogP contribution in [-0.2, 0) is 0 Å². The zero-order valence-electron chi connectivity index (χ0n) is 11.6. The number of hydrogen-bond acceptors (Lipinski definition) is 3. The molecule has 0 amide bonds. The van der Waals surface area contributed by atoms with E-state index < -0.39 is 0 Å². The summed E-state index contributed by atoms with van der Waals surface area (Å²) in [4.78, 5) is 8.83. The Kier molecular flexibility index (Phi) is 3.79. The molecule has 0 bridgehead atoms. The van der Waals surface area contributed by atoms with Crippen LogP contribution in [0.5, 0.6) is 0 Å². The third kappa shape index (κ3) is 2.88. The van der Waals surface area contributed by atoms with E-state index in [-0.39, 0.29) is 0 Å². The molecule has 0 radical (unpaired) electrons. The van der Waals surface area contributed by atoms with Crippen LogP contribution in [0.2, 0.25) is 5.15 Å². The van der Waals surface area contributed by atoms with Crippen molar-refractivity contribution >= 4 is 23.0 Å². The lowest BCUT2D eigenvalue weighted by Crippen LogP contribution is -2.46. The van der Waals surface area contributed by atoms with Crippen molar-refractivity contribution in [3.8, 4) is 0 Å². The highest BCUT2D eigenvalue weighted by molar-refractivity contribution is 6.29. The van der Waals surface area contributed by atoms with Crippen molar-refractivity contribution in [2.24, 2.45) is 0 Å². The predicted molar refractivity (Wildman–Crippen MR) is 84.9 cm³/mol. The summed E-state index contributed by atoms with van der Waals surface area (Å²) in [5.41, 5.74) is 3.79. The van der Waals surface area contributed by atoms with Crippen LogP contribution in [0.3, 0.4) is 0 Å². The molecule has 0 saturated carbocycles. The Balaban J connectivity index is 1.68. The van der Waals surface area contributed by atoms with E-state index in [1.165, 1.54) is 11.3 Å². The maximum Gasteiger partial charge on any atom is 0.131 e. The number of aryl methyl sites for hydroxylation is 1. The van der Waals surface area contributed by atoms with Gasteiger partial charge in [-0.2, -0.15) is 0 Å². The first kappa shape index (κ1) is 13.3. The van der Waals surface area contributed by atoms with E-state index >= 15 is 0 Å². The summed E-state index contributed by atoms with van der Waals surface area (Å²) in [6, 6.07) is 12.7. The highest BCUT2D eigenvalue weighted by Gasteiger charge is 2.17. The van der Waals surface area contributed by atoms with Crippen molar-refractivity contribution in [1.29, 1.82) is 0 Å². The van der Waals surface area contributed by atoms with Crippen LogP contribution in [0.15, 0.2) is 42.6 Å². The van der Waals surface area contributed by atoms with E-state index in [9.17, 15) is 0 Å². The maximum atomic E-state index is 5.96. The van der Waals surface area contributed by atoms with Gasteiger partial charge < -0.3 is 9.80 Å². The number of anilines is 2. The lowest BCUT2D eigenvalue weighted by atomic mass is 10.2. The summed E-state index contributed by atoms with van der Waals surface area (Å²) in [5.74, 6) is 0. The van der Waals surface area contributed by atoms with Gasteiger partial charge in [-0.25, -0.2) is 4.98 Å². The van der Waals surface area contributed by atoms with E-state index in [2.05, 4.69) is 46.0 Å². The molecule has 3 rings (SSSR count). The summed E-state index contributed by atoms with van der Waals surface area (Å²) < 4.78 is 0. The number of halogens is 1. The second kappa shape index (κ2) is 5.71. The Bertz CT molecular complexity index is 538. The van der Waals surface area contributed by atoms with Gasteiger partial charge in [0.25, 0.3) is 0 Å². The Hall–Kier alpha value is -1.74. The Morgan fingerprint density at radius 3 is 2.20 bits per heavy atom. The van der Waals surface area contributed by atoms with Gasteiger partial charge in [-0.05, 0) is 36.8 Å². The van der Waals surface area contributed by atoms with Crippen LogP contribution >= 0.6 is 11.6 Å². The normalized spacial score (nSPS) is 15.5. The van der Waals surface area contributed by atoms with Gasteiger partial charge in [-0.3, -0.25) is 0 Å². The third-order valence-electron chi connectivity index (χ3n) is 3.72. The van der Waals surface area contributed by atoms with Gasteiger partial charge in [-0.15, -0.1) is 0 Å². The number of hydrogen-bond donors (Lipinski definition) is 0. The molecule has 1 aromatic carbocycles. The monoisotopic (exact) mass is 287 g/mol. The first-order chi connectivity index (χ1) is 9.72. The summed E-state index contributed by atoms with van der Waals surface area (Å²) in [7, 11) is 0. The minimum absolute atomic E-state index is 0.559. The zero-order valence-corrected chi connectivity index (χ0v) is 12.3. The van der Waals surface area contributed by atoms with Crippen LogP contribution in [0.1, 0.15) is 5.56 Å². The average Bonchev–Trinajstić information content (AvgIpc) is 2.47. The molecule has 1 saturated heterocycles. The van der Waals surface area contributed by atoms with Gasteiger partial charge in [0.1, 0.15) is 5.15 Å². The highest BCUT2D eigenvalue weighted by Crippen LogP contribution is 2.22. The summed E-state index contributed by atoms with van der Waals surface area (Å²) in [6.45, 7) is 6.22. The molecule has 1 aliphatic heterocycles. The molecule has 1 aliphatic rings. The Labute approximate surface area is 124 Å². The minimum atomic E-state index is 0.559.